The maximum atomic E-state index is 13.0. The minimum Gasteiger partial charge on any atom is -0.363 e. The third-order valence-electron chi connectivity index (χ3n) is 2.72. The van der Waals surface area contributed by atoms with Crippen molar-refractivity contribution in [1.29, 1.82) is 0 Å². The van der Waals surface area contributed by atoms with Crippen molar-refractivity contribution < 1.29 is 9.18 Å². The van der Waals surface area contributed by atoms with Gasteiger partial charge in [-0.15, -0.1) is 0 Å². The lowest BCUT2D eigenvalue weighted by Crippen LogP contribution is -2.25. The second-order valence-electron chi connectivity index (χ2n) is 4.75. The van der Waals surface area contributed by atoms with E-state index in [-0.39, 0.29) is 12.1 Å². The van der Waals surface area contributed by atoms with Crippen LogP contribution in [0.2, 0.25) is 0 Å². The summed E-state index contributed by atoms with van der Waals surface area (Å²) in [5.74, 6) is 0.290. The highest BCUT2D eigenvalue weighted by Gasteiger charge is 2.09. The fourth-order valence-electron chi connectivity index (χ4n) is 1.72. The number of hydrogen-bond acceptors (Lipinski definition) is 5. The van der Waals surface area contributed by atoms with Gasteiger partial charge in [-0.2, -0.15) is 0 Å². The highest BCUT2D eigenvalue weighted by Crippen LogP contribution is 2.09. The van der Waals surface area contributed by atoms with E-state index in [0.717, 1.165) is 23.8 Å². The minimum absolute atomic E-state index is 0.162. The Balaban J connectivity index is 2.08. The van der Waals surface area contributed by atoms with E-state index in [2.05, 4.69) is 20.3 Å². The zero-order valence-electron chi connectivity index (χ0n) is 12.1. The standard InChI is InChI=1S/C14H16FN5O/c1-9-4-13(20(2)3)19-12(18-9)8-17-14(21)10-5-11(15)7-16-6-10/h4-7H,8H2,1-3H3,(H,17,21). The summed E-state index contributed by atoms with van der Waals surface area (Å²) < 4.78 is 13.0. The molecule has 2 heterocycles. The van der Waals surface area contributed by atoms with Crippen molar-refractivity contribution >= 4 is 11.7 Å². The van der Waals surface area contributed by atoms with Crippen molar-refractivity contribution in [3.05, 3.63) is 47.4 Å². The smallest absolute Gasteiger partial charge is 0.253 e. The number of hydrogen-bond donors (Lipinski definition) is 1. The van der Waals surface area contributed by atoms with Gasteiger partial charge in [-0.3, -0.25) is 9.78 Å². The zero-order chi connectivity index (χ0) is 15.4. The van der Waals surface area contributed by atoms with Gasteiger partial charge >= 0.3 is 0 Å². The van der Waals surface area contributed by atoms with Crippen molar-refractivity contribution in [3.8, 4) is 0 Å². The topological polar surface area (TPSA) is 71.0 Å². The third-order valence-corrected chi connectivity index (χ3v) is 2.72. The number of pyridine rings is 1. The molecule has 0 aliphatic heterocycles. The van der Waals surface area contributed by atoms with Crippen LogP contribution in [-0.4, -0.2) is 35.0 Å². The Morgan fingerprint density at radius 3 is 2.71 bits per heavy atom. The summed E-state index contributed by atoms with van der Waals surface area (Å²) in [5, 5.41) is 2.65. The number of rotatable bonds is 4. The molecule has 0 bridgehead atoms. The first-order valence-electron chi connectivity index (χ1n) is 6.36. The number of halogens is 1. The summed E-state index contributed by atoms with van der Waals surface area (Å²) in [4.78, 5) is 26.0. The molecule has 1 amide bonds. The lowest BCUT2D eigenvalue weighted by molar-refractivity contribution is 0.0949. The van der Waals surface area contributed by atoms with Crippen molar-refractivity contribution in [2.45, 2.75) is 13.5 Å². The molecule has 1 N–H and O–H groups in total. The number of aryl methyl sites for hydroxylation is 1. The van der Waals surface area contributed by atoms with Gasteiger partial charge in [0.1, 0.15) is 17.5 Å². The molecule has 2 rings (SSSR count). The molecule has 0 unspecified atom stereocenters. The van der Waals surface area contributed by atoms with Gasteiger partial charge in [-0.1, -0.05) is 0 Å². The Morgan fingerprint density at radius 2 is 2.05 bits per heavy atom. The maximum Gasteiger partial charge on any atom is 0.253 e. The number of anilines is 1. The molecule has 0 spiro atoms. The molecule has 2 aromatic rings. The Morgan fingerprint density at radius 1 is 1.29 bits per heavy atom. The van der Waals surface area contributed by atoms with E-state index in [1.54, 1.807) is 0 Å². The van der Waals surface area contributed by atoms with Crippen LogP contribution in [0.5, 0.6) is 0 Å². The molecule has 0 saturated carbocycles. The molecule has 0 fully saturated rings. The van der Waals surface area contributed by atoms with E-state index in [1.165, 1.54) is 6.20 Å². The molecule has 6 nitrogen and oxygen atoms in total. The number of nitrogens with one attached hydrogen (secondary N) is 1. The molecule has 2 aromatic heterocycles. The molecule has 110 valence electrons. The molecule has 0 atom stereocenters. The second-order valence-corrected chi connectivity index (χ2v) is 4.75. The first kappa shape index (κ1) is 14.8. The van der Waals surface area contributed by atoms with Gasteiger partial charge in [0.15, 0.2) is 0 Å². The summed E-state index contributed by atoms with van der Waals surface area (Å²) in [5.41, 5.74) is 0.973. The summed E-state index contributed by atoms with van der Waals surface area (Å²) in [6.07, 6.45) is 2.35. The van der Waals surface area contributed by atoms with Crippen LogP contribution >= 0.6 is 0 Å². The van der Waals surface area contributed by atoms with Crippen molar-refractivity contribution in [3.63, 3.8) is 0 Å². The van der Waals surface area contributed by atoms with E-state index >= 15 is 0 Å². The van der Waals surface area contributed by atoms with Gasteiger partial charge in [0.25, 0.3) is 5.91 Å². The summed E-state index contributed by atoms with van der Waals surface area (Å²) >= 11 is 0. The number of carbonyl (C=O) groups excluding carboxylic acids is 1. The van der Waals surface area contributed by atoms with Crippen LogP contribution in [0.25, 0.3) is 0 Å². The van der Waals surface area contributed by atoms with Crippen LogP contribution in [0.1, 0.15) is 21.9 Å². The monoisotopic (exact) mass is 289 g/mol. The van der Waals surface area contributed by atoms with E-state index in [9.17, 15) is 9.18 Å². The zero-order valence-corrected chi connectivity index (χ0v) is 12.1. The van der Waals surface area contributed by atoms with Crippen LogP contribution < -0.4 is 10.2 Å². The van der Waals surface area contributed by atoms with Gasteiger partial charge in [0.2, 0.25) is 0 Å². The molecular formula is C14H16FN5O. The van der Waals surface area contributed by atoms with Crippen molar-refractivity contribution in [2.24, 2.45) is 0 Å². The van der Waals surface area contributed by atoms with Crippen LogP contribution in [-0.2, 0) is 6.54 Å². The summed E-state index contributed by atoms with van der Waals surface area (Å²) in [6, 6.07) is 2.98. The number of carbonyl (C=O) groups is 1. The first-order valence-corrected chi connectivity index (χ1v) is 6.36. The van der Waals surface area contributed by atoms with Crippen molar-refractivity contribution in [1.82, 2.24) is 20.3 Å². The number of aromatic nitrogens is 3. The molecule has 0 aliphatic rings. The van der Waals surface area contributed by atoms with Gasteiger partial charge in [-0.25, -0.2) is 14.4 Å². The third kappa shape index (κ3) is 3.95. The predicted octanol–water partition coefficient (Wildman–Crippen LogP) is 1.32. The van der Waals surface area contributed by atoms with Gasteiger partial charge in [0, 0.05) is 32.1 Å². The number of nitrogens with zero attached hydrogens (tertiary/aromatic N) is 4. The predicted molar refractivity (Wildman–Crippen MR) is 76.5 cm³/mol. The molecule has 21 heavy (non-hydrogen) atoms. The Hall–Kier alpha value is -2.57. The van der Waals surface area contributed by atoms with Gasteiger partial charge in [-0.05, 0) is 13.0 Å². The van der Waals surface area contributed by atoms with E-state index in [1.807, 2.05) is 32.0 Å². The SMILES string of the molecule is Cc1cc(N(C)C)nc(CNC(=O)c2cncc(F)c2)n1. The lowest BCUT2D eigenvalue weighted by atomic mass is 10.2. The van der Waals surface area contributed by atoms with Crippen molar-refractivity contribution in [2.75, 3.05) is 19.0 Å². The normalized spacial score (nSPS) is 10.3. The fourth-order valence-corrected chi connectivity index (χ4v) is 1.72. The molecule has 0 aromatic carbocycles. The highest BCUT2D eigenvalue weighted by molar-refractivity contribution is 5.93. The van der Waals surface area contributed by atoms with Crippen LogP contribution in [0, 0.1) is 12.7 Å². The molecule has 0 radical (unpaired) electrons. The molecule has 0 aliphatic carbocycles. The Bertz CT molecular complexity index is 660. The Labute approximate surface area is 122 Å². The van der Waals surface area contributed by atoms with Crippen LogP contribution in [0.3, 0.4) is 0 Å². The van der Waals surface area contributed by atoms with Crippen LogP contribution in [0.15, 0.2) is 24.5 Å². The fraction of sp³-hybridized carbons (Fsp3) is 0.286. The number of amides is 1. The summed E-state index contributed by atoms with van der Waals surface area (Å²) in [7, 11) is 3.76. The van der Waals surface area contributed by atoms with E-state index in [4.69, 9.17) is 0 Å². The first-order chi connectivity index (χ1) is 9.95. The van der Waals surface area contributed by atoms with Crippen LogP contribution in [0.4, 0.5) is 10.2 Å². The quantitative estimate of drug-likeness (QED) is 0.919. The largest absolute Gasteiger partial charge is 0.363 e. The van der Waals surface area contributed by atoms with Gasteiger partial charge in [0.05, 0.1) is 18.3 Å². The minimum atomic E-state index is -0.552. The lowest BCUT2D eigenvalue weighted by Gasteiger charge is -2.13. The maximum absolute atomic E-state index is 13.0. The molecule has 7 heteroatoms. The average Bonchev–Trinajstić information content (AvgIpc) is 2.44. The van der Waals surface area contributed by atoms with E-state index in [0.29, 0.717) is 5.82 Å². The van der Waals surface area contributed by atoms with Gasteiger partial charge < -0.3 is 10.2 Å². The summed E-state index contributed by atoms with van der Waals surface area (Å²) in [6.45, 7) is 2.02. The second kappa shape index (κ2) is 6.25. The van der Waals surface area contributed by atoms with E-state index < -0.39 is 11.7 Å². The highest BCUT2D eigenvalue weighted by atomic mass is 19.1. The Kier molecular flexibility index (Phi) is 4.42. The average molecular weight is 289 g/mol. The molecular weight excluding hydrogens is 273 g/mol. The molecule has 0 saturated heterocycles.